The van der Waals surface area contributed by atoms with E-state index in [1.54, 1.807) is 12.1 Å². The number of alkyl halides is 2. The molecule has 2 nitrogen and oxygen atoms in total. The first-order valence-corrected chi connectivity index (χ1v) is 5.65. The number of carboxylic acids is 1. The van der Waals surface area contributed by atoms with Crippen LogP contribution < -0.4 is 0 Å². The van der Waals surface area contributed by atoms with Gasteiger partial charge in [0.15, 0.2) is 0 Å². The van der Waals surface area contributed by atoms with Gasteiger partial charge < -0.3 is 5.11 Å². The SMILES string of the molecule is O=C(O)C1CC(F)(F)CCC1c1ccccc1. The molecule has 17 heavy (non-hydrogen) atoms. The molecule has 2 unspecified atom stereocenters. The minimum absolute atomic E-state index is 0.226. The van der Waals surface area contributed by atoms with Crippen LogP contribution in [0.2, 0.25) is 0 Å². The summed E-state index contributed by atoms with van der Waals surface area (Å²) in [4.78, 5) is 11.1. The quantitative estimate of drug-likeness (QED) is 0.861. The van der Waals surface area contributed by atoms with Crippen molar-refractivity contribution in [3.63, 3.8) is 0 Å². The lowest BCUT2D eigenvalue weighted by molar-refractivity contribution is -0.150. The minimum atomic E-state index is -2.84. The third-order valence-electron chi connectivity index (χ3n) is 3.37. The molecule has 0 aromatic heterocycles. The summed E-state index contributed by atoms with van der Waals surface area (Å²) in [6, 6.07) is 9.06. The number of carbonyl (C=O) groups is 1. The van der Waals surface area contributed by atoms with Gasteiger partial charge in [-0.1, -0.05) is 30.3 Å². The van der Waals surface area contributed by atoms with Crippen molar-refractivity contribution in [2.24, 2.45) is 5.92 Å². The van der Waals surface area contributed by atoms with Crippen molar-refractivity contribution < 1.29 is 18.7 Å². The second kappa shape index (κ2) is 4.43. The van der Waals surface area contributed by atoms with Gasteiger partial charge >= 0.3 is 5.97 Å². The van der Waals surface area contributed by atoms with E-state index >= 15 is 0 Å². The summed E-state index contributed by atoms with van der Waals surface area (Å²) in [6.07, 6.45) is -0.549. The van der Waals surface area contributed by atoms with Crippen LogP contribution in [0.1, 0.15) is 30.7 Å². The second-order valence-corrected chi connectivity index (χ2v) is 4.56. The van der Waals surface area contributed by atoms with Gasteiger partial charge in [-0.2, -0.15) is 0 Å². The molecule has 1 N–H and O–H groups in total. The van der Waals surface area contributed by atoms with Crippen LogP contribution in [0.3, 0.4) is 0 Å². The predicted octanol–water partition coefficient (Wildman–Crippen LogP) is 3.29. The lowest BCUT2D eigenvalue weighted by Crippen LogP contribution is -2.35. The van der Waals surface area contributed by atoms with E-state index in [4.69, 9.17) is 5.11 Å². The molecular weight excluding hydrogens is 226 g/mol. The molecule has 1 saturated carbocycles. The molecule has 1 aromatic rings. The van der Waals surface area contributed by atoms with E-state index in [0.29, 0.717) is 0 Å². The van der Waals surface area contributed by atoms with Crippen LogP contribution in [-0.2, 0) is 4.79 Å². The molecule has 0 radical (unpaired) electrons. The molecule has 0 spiro atoms. The van der Waals surface area contributed by atoms with Gasteiger partial charge in [0.1, 0.15) is 0 Å². The number of aliphatic carboxylic acids is 1. The average molecular weight is 240 g/mol. The summed E-state index contributed by atoms with van der Waals surface area (Å²) in [5, 5.41) is 9.07. The molecule has 0 amide bonds. The third kappa shape index (κ3) is 2.62. The van der Waals surface area contributed by atoms with Crippen LogP contribution in [0.25, 0.3) is 0 Å². The van der Waals surface area contributed by atoms with Crippen molar-refractivity contribution in [1.82, 2.24) is 0 Å². The average Bonchev–Trinajstić information content (AvgIpc) is 2.29. The highest BCUT2D eigenvalue weighted by molar-refractivity contribution is 5.71. The number of hydrogen-bond acceptors (Lipinski definition) is 1. The summed E-state index contributed by atoms with van der Waals surface area (Å²) in [5.41, 5.74) is 0.843. The molecule has 1 aliphatic rings. The predicted molar refractivity (Wildman–Crippen MR) is 59.1 cm³/mol. The molecule has 0 aliphatic heterocycles. The zero-order valence-electron chi connectivity index (χ0n) is 9.27. The van der Waals surface area contributed by atoms with E-state index in [-0.39, 0.29) is 18.8 Å². The lowest BCUT2D eigenvalue weighted by atomic mass is 9.74. The van der Waals surface area contributed by atoms with Gasteiger partial charge in [0.2, 0.25) is 5.92 Å². The molecule has 0 saturated heterocycles. The summed E-state index contributed by atoms with van der Waals surface area (Å²) in [6.45, 7) is 0. The summed E-state index contributed by atoms with van der Waals surface area (Å²) in [5.74, 6) is -5.25. The van der Waals surface area contributed by atoms with E-state index in [1.165, 1.54) is 0 Å². The fourth-order valence-corrected chi connectivity index (χ4v) is 2.49. The van der Waals surface area contributed by atoms with Crippen molar-refractivity contribution in [2.45, 2.75) is 31.1 Å². The van der Waals surface area contributed by atoms with E-state index in [0.717, 1.165) is 5.56 Å². The van der Waals surface area contributed by atoms with Crippen LogP contribution in [0.15, 0.2) is 30.3 Å². The Balaban J connectivity index is 2.25. The van der Waals surface area contributed by atoms with Crippen molar-refractivity contribution >= 4 is 5.97 Å². The topological polar surface area (TPSA) is 37.3 Å². The normalized spacial score (nSPS) is 27.6. The molecule has 1 aromatic carbocycles. The van der Waals surface area contributed by atoms with Crippen molar-refractivity contribution in [2.75, 3.05) is 0 Å². The Bertz CT molecular complexity index is 403. The van der Waals surface area contributed by atoms with Gasteiger partial charge in [-0.25, -0.2) is 8.78 Å². The molecule has 2 rings (SSSR count). The number of rotatable bonds is 2. The first-order chi connectivity index (χ1) is 7.99. The van der Waals surface area contributed by atoms with Gasteiger partial charge in [-0.05, 0) is 17.9 Å². The number of hydrogen-bond donors (Lipinski definition) is 1. The van der Waals surface area contributed by atoms with Crippen LogP contribution >= 0.6 is 0 Å². The second-order valence-electron chi connectivity index (χ2n) is 4.56. The Kier molecular flexibility index (Phi) is 3.13. The highest BCUT2D eigenvalue weighted by Crippen LogP contribution is 2.44. The number of benzene rings is 1. The zero-order chi connectivity index (χ0) is 12.5. The fraction of sp³-hybridized carbons (Fsp3) is 0.462. The minimum Gasteiger partial charge on any atom is -0.481 e. The maximum atomic E-state index is 13.2. The van der Waals surface area contributed by atoms with E-state index < -0.39 is 24.2 Å². The van der Waals surface area contributed by atoms with Crippen molar-refractivity contribution in [3.05, 3.63) is 35.9 Å². The van der Waals surface area contributed by atoms with Gasteiger partial charge in [0.05, 0.1) is 5.92 Å². The molecule has 2 atom stereocenters. The van der Waals surface area contributed by atoms with Crippen molar-refractivity contribution in [3.8, 4) is 0 Å². The zero-order valence-corrected chi connectivity index (χ0v) is 9.27. The molecule has 4 heteroatoms. The first kappa shape index (κ1) is 12.0. The number of halogens is 2. The van der Waals surface area contributed by atoms with Gasteiger partial charge in [-0.3, -0.25) is 4.79 Å². The van der Waals surface area contributed by atoms with Gasteiger partial charge in [-0.15, -0.1) is 0 Å². The molecule has 1 aliphatic carbocycles. The maximum absolute atomic E-state index is 13.2. The smallest absolute Gasteiger partial charge is 0.307 e. The monoisotopic (exact) mass is 240 g/mol. The molecule has 92 valence electrons. The number of carboxylic acid groups (broad SMARTS) is 1. The van der Waals surface area contributed by atoms with E-state index in [1.807, 2.05) is 18.2 Å². The van der Waals surface area contributed by atoms with Gasteiger partial charge in [0.25, 0.3) is 0 Å². The third-order valence-corrected chi connectivity index (χ3v) is 3.37. The Morgan fingerprint density at radius 3 is 2.53 bits per heavy atom. The van der Waals surface area contributed by atoms with Crippen LogP contribution in [-0.4, -0.2) is 17.0 Å². The fourth-order valence-electron chi connectivity index (χ4n) is 2.49. The van der Waals surface area contributed by atoms with Gasteiger partial charge in [0, 0.05) is 12.8 Å². The highest BCUT2D eigenvalue weighted by atomic mass is 19.3. The Morgan fingerprint density at radius 2 is 1.94 bits per heavy atom. The summed E-state index contributed by atoms with van der Waals surface area (Å²) in [7, 11) is 0. The Hall–Kier alpha value is -1.45. The molecular formula is C13H14F2O2. The van der Waals surface area contributed by atoms with Crippen LogP contribution in [0, 0.1) is 5.92 Å². The molecule has 0 heterocycles. The lowest BCUT2D eigenvalue weighted by Gasteiger charge is -2.33. The highest BCUT2D eigenvalue weighted by Gasteiger charge is 2.44. The van der Waals surface area contributed by atoms with Crippen LogP contribution in [0.5, 0.6) is 0 Å². The Morgan fingerprint density at radius 1 is 1.29 bits per heavy atom. The summed E-state index contributed by atoms with van der Waals surface area (Å²) >= 11 is 0. The molecule has 1 fully saturated rings. The van der Waals surface area contributed by atoms with Crippen LogP contribution in [0.4, 0.5) is 8.78 Å². The summed E-state index contributed by atoms with van der Waals surface area (Å²) < 4.78 is 26.5. The first-order valence-electron chi connectivity index (χ1n) is 5.65. The van der Waals surface area contributed by atoms with E-state index in [2.05, 4.69) is 0 Å². The standard InChI is InChI=1S/C13H14F2O2/c14-13(15)7-6-10(11(8-13)12(16)17)9-4-2-1-3-5-9/h1-5,10-11H,6-8H2,(H,16,17). The van der Waals surface area contributed by atoms with Crippen molar-refractivity contribution in [1.29, 1.82) is 0 Å². The largest absolute Gasteiger partial charge is 0.481 e. The Labute approximate surface area is 98.3 Å². The molecule has 0 bridgehead atoms. The maximum Gasteiger partial charge on any atom is 0.307 e. The van der Waals surface area contributed by atoms with E-state index in [9.17, 15) is 13.6 Å².